The Morgan fingerprint density at radius 1 is 1.26 bits per heavy atom. The molecular formula is C14H17N5. The number of rotatable bonds is 2. The number of nitrogens with one attached hydrogen (secondary N) is 1. The highest BCUT2D eigenvalue weighted by Gasteiger charge is 2.20. The standard InChI is InChI=1S/C14H17N5/c1-9(2)13-10-7-15-5-3-11(10)18-14(19-13)12-4-6-16-8-17-12/h4,6,8-9,15H,3,5,7H2,1-2H3. The Bertz CT molecular complexity index is 580. The smallest absolute Gasteiger partial charge is 0.178 e. The molecule has 0 amide bonds. The van der Waals surface area contributed by atoms with Gasteiger partial charge in [-0.05, 0) is 12.0 Å². The molecule has 0 saturated carbocycles. The molecule has 0 atom stereocenters. The van der Waals surface area contributed by atoms with E-state index in [0.717, 1.165) is 36.6 Å². The van der Waals surface area contributed by atoms with Crippen LogP contribution in [0.2, 0.25) is 0 Å². The first-order valence-electron chi connectivity index (χ1n) is 6.62. The molecule has 5 nitrogen and oxygen atoms in total. The van der Waals surface area contributed by atoms with Gasteiger partial charge in [0, 0.05) is 31.3 Å². The molecule has 2 aromatic heterocycles. The zero-order valence-corrected chi connectivity index (χ0v) is 11.2. The Hall–Kier alpha value is -1.88. The topological polar surface area (TPSA) is 63.6 Å². The largest absolute Gasteiger partial charge is 0.312 e. The maximum Gasteiger partial charge on any atom is 0.178 e. The summed E-state index contributed by atoms with van der Waals surface area (Å²) >= 11 is 0. The van der Waals surface area contributed by atoms with Crippen LogP contribution in [-0.4, -0.2) is 26.5 Å². The molecule has 0 radical (unpaired) electrons. The molecule has 0 aliphatic carbocycles. The van der Waals surface area contributed by atoms with Crippen LogP contribution in [0, 0.1) is 0 Å². The fraction of sp³-hybridized carbons (Fsp3) is 0.429. The second-order valence-electron chi connectivity index (χ2n) is 5.03. The van der Waals surface area contributed by atoms with E-state index in [1.165, 1.54) is 11.9 Å². The molecule has 19 heavy (non-hydrogen) atoms. The third-order valence-corrected chi connectivity index (χ3v) is 3.32. The van der Waals surface area contributed by atoms with Crippen molar-refractivity contribution in [1.82, 2.24) is 25.3 Å². The van der Waals surface area contributed by atoms with Gasteiger partial charge in [-0.15, -0.1) is 0 Å². The normalized spacial score (nSPS) is 14.5. The van der Waals surface area contributed by atoms with Gasteiger partial charge in [0.25, 0.3) is 0 Å². The van der Waals surface area contributed by atoms with Crippen molar-refractivity contribution in [3.8, 4) is 11.5 Å². The Kier molecular flexibility index (Phi) is 3.21. The predicted molar refractivity (Wildman–Crippen MR) is 72.6 cm³/mol. The molecule has 3 heterocycles. The van der Waals surface area contributed by atoms with Crippen molar-refractivity contribution in [3.05, 3.63) is 35.5 Å². The van der Waals surface area contributed by atoms with E-state index in [2.05, 4.69) is 34.1 Å². The Morgan fingerprint density at radius 2 is 2.16 bits per heavy atom. The van der Waals surface area contributed by atoms with Gasteiger partial charge < -0.3 is 5.32 Å². The molecule has 1 aliphatic rings. The molecule has 3 rings (SSSR count). The van der Waals surface area contributed by atoms with E-state index in [1.54, 1.807) is 6.20 Å². The molecule has 1 aliphatic heterocycles. The molecule has 0 unspecified atom stereocenters. The van der Waals surface area contributed by atoms with Crippen molar-refractivity contribution in [2.75, 3.05) is 6.54 Å². The summed E-state index contributed by atoms with van der Waals surface area (Å²) in [6.45, 7) is 6.18. The fourth-order valence-electron chi connectivity index (χ4n) is 2.38. The van der Waals surface area contributed by atoms with Gasteiger partial charge in [0.05, 0.1) is 11.4 Å². The lowest BCUT2D eigenvalue weighted by Gasteiger charge is -2.21. The number of aromatic nitrogens is 4. The van der Waals surface area contributed by atoms with Crippen LogP contribution < -0.4 is 5.32 Å². The van der Waals surface area contributed by atoms with Crippen LogP contribution in [0.1, 0.15) is 36.7 Å². The summed E-state index contributed by atoms with van der Waals surface area (Å²) in [6, 6.07) is 1.85. The van der Waals surface area contributed by atoms with Gasteiger partial charge in [0.2, 0.25) is 0 Å². The third kappa shape index (κ3) is 2.33. The van der Waals surface area contributed by atoms with Gasteiger partial charge in [-0.2, -0.15) is 0 Å². The molecule has 0 saturated heterocycles. The van der Waals surface area contributed by atoms with E-state index in [-0.39, 0.29) is 0 Å². The van der Waals surface area contributed by atoms with Crippen LogP contribution in [0.4, 0.5) is 0 Å². The van der Waals surface area contributed by atoms with Gasteiger partial charge in [0.1, 0.15) is 12.0 Å². The summed E-state index contributed by atoms with van der Waals surface area (Å²) in [5.74, 6) is 1.10. The minimum absolute atomic E-state index is 0.386. The Labute approximate surface area is 112 Å². The van der Waals surface area contributed by atoms with Crippen molar-refractivity contribution in [3.63, 3.8) is 0 Å². The van der Waals surface area contributed by atoms with Gasteiger partial charge >= 0.3 is 0 Å². The Morgan fingerprint density at radius 3 is 2.89 bits per heavy atom. The molecular weight excluding hydrogens is 238 g/mol. The minimum atomic E-state index is 0.386. The minimum Gasteiger partial charge on any atom is -0.312 e. The van der Waals surface area contributed by atoms with Gasteiger partial charge in [-0.3, -0.25) is 0 Å². The first-order chi connectivity index (χ1) is 9.25. The number of hydrogen-bond donors (Lipinski definition) is 1. The molecule has 98 valence electrons. The predicted octanol–water partition coefficient (Wildman–Crippen LogP) is 1.70. The summed E-state index contributed by atoms with van der Waals surface area (Å²) < 4.78 is 0. The summed E-state index contributed by atoms with van der Waals surface area (Å²) in [5, 5.41) is 3.39. The second-order valence-corrected chi connectivity index (χ2v) is 5.03. The highest BCUT2D eigenvalue weighted by atomic mass is 15.0. The fourth-order valence-corrected chi connectivity index (χ4v) is 2.38. The van der Waals surface area contributed by atoms with E-state index in [4.69, 9.17) is 4.98 Å². The van der Waals surface area contributed by atoms with Crippen LogP contribution >= 0.6 is 0 Å². The lowest BCUT2D eigenvalue weighted by atomic mass is 9.98. The lowest BCUT2D eigenvalue weighted by molar-refractivity contribution is 0.609. The van der Waals surface area contributed by atoms with Crippen molar-refractivity contribution < 1.29 is 0 Å². The maximum atomic E-state index is 4.71. The molecule has 0 aromatic carbocycles. The van der Waals surface area contributed by atoms with Crippen LogP contribution in [0.3, 0.4) is 0 Å². The van der Waals surface area contributed by atoms with Crippen molar-refractivity contribution in [2.45, 2.75) is 32.7 Å². The molecule has 0 fully saturated rings. The monoisotopic (exact) mass is 255 g/mol. The first-order valence-corrected chi connectivity index (χ1v) is 6.62. The molecule has 2 aromatic rings. The summed E-state index contributed by atoms with van der Waals surface area (Å²) in [6.07, 6.45) is 4.21. The third-order valence-electron chi connectivity index (χ3n) is 3.32. The van der Waals surface area contributed by atoms with Crippen LogP contribution in [0.15, 0.2) is 18.6 Å². The van der Waals surface area contributed by atoms with E-state index in [0.29, 0.717) is 11.7 Å². The number of nitrogens with zero attached hydrogens (tertiary/aromatic N) is 4. The summed E-state index contributed by atoms with van der Waals surface area (Å²) in [7, 11) is 0. The lowest BCUT2D eigenvalue weighted by Crippen LogP contribution is -2.27. The van der Waals surface area contributed by atoms with E-state index in [9.17, 15) is 0 Å². The van der Waals surface area contributed by atoms with E-state index in [1.807, 2.05) is 6.07 Å². The maximum absolute atomic E-state index is 4.71. The second kappa shape index (κ2) is 5.01. The zero-order valence-electron chi connectivity index (χ0n) is 11.2. The van der Waals surface area contributed by atoms with Crippen LogP contribution in [-0.2, 0) is 13.0 Å². The van der Waals surface area contributed by atoms with Gasteiger partial charge in [-0.25, -0.2) is 19.9 Å². The van der Waals surface area contributed by atoms with Crippen molar-refractivity contribution in [2.24, 2.45) is 0 Å². The SMILES string of the molecule is CC(C)c1nc(-c2ccncn2)nc2c1CNCC2. The zero-order chi connectivity index (χ0) is 13.2. The molecule has 0 bridgehead atoms. The van der Waals surface area contributed by atoms with Gasteiger partial charge in [0.15, 0.2) is 5.82 Å². The molecule has 1 N–H and O–H groups in total. The average Bonchev–Trinajstić information content (AvgIpc) is 2.47. The van der Waals surface area contributed by atoms with E-state index >= 15 is 0 Å². The van der Waals surface area contributed by atoms with Gasteiger partial charge in [-0.1, -0.05) is 13.8 Å². The number of fused-ring (bicyclic) bond motifs is 1. The van der Waals surface area contributed by atoms with Crippen LogP contribution in [0.25, 0.3) is 11.5 Å². The number of hydrogen-bond acceptors (Lipinski definition) is 5. The van der Waals surface area contributed by atoms with Crippen LogP contribution in [0.5, 0.6) is 0 Å². The highest BCUT2D eigenvalue weighted by Crippen LogP contribution is 2.25. The quantitative estimate of drug-likeness (QED) is 0.885. The van der Waals surface area contributed by atoms with Crippen molar-refractivity contribution in [1.29, 1.82) is 0 Å². The Balaban J connectivity index is 2.14. The summed E-state index contributed by atoms with van der Waals surface area (Å²) in [4.78, 5) is 17.6. The summed E-state index contributed by atoms with van der Waals surface area (Å²) in [5.41, 5.74) is 4.34. The average molecular weight is 255 g/mol. The molecule has 0 spiro atoms. The highest BCUT2D eigenvalue weighted by molar-refractivity contribution is 5.50. The van der Waals surface area contributed by atoms with Crippen molar-refractivity contribution >= 4 is 0 Å². The molecule has 5 heteroatoms. The first kappa shape index (κ1) is 12.2. The van der Waals surface area contributed by atoms with E-state index < -0.39 is 0 Å².